The predicted octanol–water partition coefficient (Wildman–Crippen LogP) is 7.59. The van der Waals surface area contributed by atoms with Crippen molar-refractivity contribution < 1.29 is 0 Å². The standard InChI is InChI=1S/C26H36/c1-17-11-13-19-20-14-12-18(2)16-22(20)26(10,24(6,7)8)25(9,21(19)15-17)23(3,4)5/h11-16H,1-10H3. The molecule has 140 valence electrons. The molecule has 26 heavy (non-hydrogen) atoms. The molecule has 0 amide bonds. The van der Waals surface area contributed by atoms with Gasteiger partial charge in [-0.25, -0.2) is 0 Å². The Kier molecular flexibility index (Phi) is 4.04. The molecule has 0 spiro atoms. The first-order valence-corrected chi connectivity index (χ1v) is 9.98. The summed E-state index contributed by atoms with van der Waals surface area (Å²) in [6.45, 7) is 24.0. The van der Waals surface area contributed by atoms with E-state index in [1.807, 2.05) is 0 Å². The lowest BCUT2D eigenvalue weighted by Gasteiger charge is -2.63. The lowest BCUT2D eigenvalue weighted by molar-refractivity contribution is 0.0182. The van der Waals surface area contributed by atoms with Gasteiger partial charge in [0.2, 0.25) is 0 Å². The van der Waals surface area contributed by atoms with Crippen LogP contribution in [-0.4, -0.2) is 0 Å². The summed E-state index contributed by atoms with van der Waals surface area (Å²) in [7, 11) is 0. The fourth-order valence-electron chi connectivity index (χ4n) is 5.46. The van der Waals surface area contributed by atoms with E-state index in [9.17, 15) is 0 Å². The average Bonchev–Trinajstić information content (AvgIpc) is 2.50. The van der Waals surface area contributed by atoms with E-state index in [1.54, 1.807) is 0 Å². The first-order valence-electron chi connectivity index (χ1n) is 9.98. The summed E-state index contributed by atoms with van der Waals surface area (Å²) in [5, 5.41) is 0. The maximum absolute atomic E-state index is 2.52. The van der Waals surface area contributed by atoms with Gasteiger partial charge in [0.25, 0.3) is 0 Å². The van der Waals surface area contributed by atoms with Crippen LogP contribution in [0.1, 0.15) is 77.6 Å². The number of benzene rings is 2. The molecule has 0 heteroatoms. The second-order valence-electron chi connectivity index (χ2n) is 10.8. The van der Waals surface area contributed by atoms with E-state index in [4.69, 9.17) is 0 Å². The Morgan fingerprint density at radius 1 is 0.577 bits per heavy atom. The summed E-state index contributed by atoms with van der Waals surface area (Å²) in [5.41, 5.74) is 8.85. The molecular formula is C26H36. The summed E-state index contributed by atoms with van der Waals surface area (Å²) >= 11 is 0. The highest BCUT2D eigenvalue weighted by atomic mass is 14.6. The molecule has 0 heterocycles. The van der Waals surface area contributed by atoms with E-state index in [-0.39, 0.29) is 21.7 Å². The zero-order chi connectivity index (χ0) is 19.7. The molecule has 0 saturated carbocycles. The zero-order valence-electron chi connectivity index (χ0n) is 18.5. The molecule has 3 rings (SSSR count). The first kappa shape index (κ1) is 19.2. The second-order valence-corrected chi connectivity index (χ2v) is 10.8. The smallest absolute Gasteiger partial charge is 0.00788 e. The van der Waals surface area contributed by atoms with Gasteiger partial charge in [0, 0.05) is 10.8 Å². The van der Waals surface area contributed by atoms with Crippen LogP contribution in [0.2, 0.25) is 0 Å². The summed E-state index contributed by atoms with van der Waals surface area (Å²) < 4.78 is 0. The minimum absolute atomic E-state index is 0.0143. The first-order chi connectivity index (χ1) is 11.7. The van der Waals surface area contributed by atoms with Gasteiger partial charge < -0.3 is 0 Å². The van der Waals surface area contributed by atoms with Gasteiger partial charge in [-0.15, -0.1) is 0 Å². The van der Waals surface area contributed by atoms with Crippen LogP contribution in [0.25, 0.3) is 11.1 Å². The van der Waals surface area contributed by atoms with Crippen LogP contribution in [0, 0.1) is 24.7 Å². The fraction of sp³-hybridized carbons (Fsp3) is 0.538. The molecule has 1 aliphatic carbocycles. The Balaban J connectivity index is 2.58. The number of fused-ring (bicyclic) bond motifs is 3. The second kappa shape index (κ2) is 5.47. The Morgan fingerprint density at radius 3 is 1.15 bits per heavy atom. The van der Waals surface area contributed by atoms with Gasteiger partial charge in [0.15, 0.2) is 0 Å². The average molecular weight is 349 g/mol. The van der Waals surface area contributed by atoms with Crippen LogP contribution >= 0.6 is 0 Å². The molecule has 0 aliphatic heterocycles. The number of hydrogen-bond acceptors (Lipinski definition) is 0. The monoisotopic (exact) mass is 348 g/mol. The largest absolute Gasteiger partial charge is 0.0593 e. The Hall–Kier alpha value is -1.56. The van der Waals surface area contributed by atoms with Gasteiger partial charge in [0.05, 0.1) is 0 Å². The van der Waals surface area contributed by atoms with E-state index in [1.165, 1.54) is 33.4 Å². The van der Waals surface area contributed by atoms with Crippen molar-refractivity contribution in [1.29, 1.82) is 0 Å². The van der Waals surface area contributed by atoms with Gasteiger partial charge in [-0.05, 0) is 46.9 Å². The van der Waals surface area contributed by atoms with Crippen LogP contribution in [-0.2, 0) is 10.8 Å². The zero-order valence-corrected chi connectivity index (χ0v) is 18.5. The third-order valence-electron chi connectivity index (χ3n) is 7.72. The van der Waals surface area contributed by atoms with Crippen molar-refractivity contribution in [1.82, 2.24) is 0 Å². The SMILES string of the molecule is Cc1ccc2c(c1)C(C)(C(C)(C)C)C(C)(C(C)(C)C)c1cc(C)ccc1-2. The molecule has 0 aromatic heterocycles. The predicted molar refractivity (Wildman–Crippen MR) is 115 cm³/mol. The van der Waals surface area contributed by atoms with Gasteiger partial charge >= 0.3 is 0 Å². The van der Waals surface area contributed by atoms with E-state index >= 15 is 0 Å². The summed E-state index contributed by atoms with van der Waals surface area (Å²) in [5.74, 6) is 0. The third kappa shape index (κ3) is 2.27. The lowest BCUT2D eigenvalue weighted by Crippen LogP contribution is -2.61. The van der Waals surface area contributed by atoms with E-state index in [2.05, 4.69) is 106 Å². The highest BCUT2D eigenvalue weighted by Crippen LogP contribution is 2.66. The molecule has 0 nitrogen and oxygen atoms in total. The Morgan fingerprint density at radius 2 is 0.885 bits per heavy atom. The van der Waals surface area contributed by atoms with Crippen LogP contribution in [0.5, 0.6) is 0 Å². The van der Waals surface area contributed by atoms with Crippen LogP contribution in [0.4, 0.5) is 0 Å². The molecule has 0 bridgehead atoms. The Bertz CT molecular complexity index is 783. The van der Waals surface area contributed by atoms with E-state index in [0.717, 1.165) is 0 Å². The van der Waals surface area contributed by atoms with Gasteiger partial charge in [-0.3, -0.25) is 0 Å². The molecule has 0 N–H and O–H groups in total. The van der Waals surface area contributed by atoms with E-state index < -0.39 is 0 Å². The molecule has 0 radical (unpaired) electrons. The number of rotatable bonds is 0. The van der Waals surface area contributed by atoms with Gasteiger partial charge in [0.1, 0.15) is 0 Å². The molecule has 0 fully saturated rings. The molecule has 2 atom stereocenters. The quantitative estimate of drug-likeness (QED) is 0.460. The minimum atomic E-state index is 0.0143. The van der Waals surface area contributed by atoms with Gasteiger partial charge in [-0.1, -0.05) is 103 Å². The molecule has 0 saturated heterocycles. The lowest BCUT2D eigenvalue weighted by atomic mass is 9.40. The minimum Gasteiger partial charge on any atom is -0.0593 e. The highest BCUT2D eigenvalue weighted by molar-refractivity contribution is 5.79. The number of aryl methyl sites for hydroxylation is 2. The van der Waals surface area contributed by atoms with Crippen LogP contribution in [0.15, 0.2) is 36.4 Å². The normalized spacial score (nSPS) is 25.6. The topological polar surface area (TPSA) is 0 Å². The maximum atomic E-state index is 2.52. The number of hydrogen-bond donors (Lipinski definition) is 0. The van der Waals surface area contributed by atoms with Crippen molar-refractivity contribution >= 4 is 0 Å². The maximum Gasteiger partial charge on any atom is 0.00788 e. The van der Waals surface area contributed by atoms with Crippen molar-refractivity contribution in [2.75, 3.05) is 0 Å². The third-order valence-corrected chi connectivity index (χ3v) is 7.72. The van der Waals surface area contributed by atoms with Crippen molar-refractivity contribution in [2.45, 2.75) is 80.1 Å². The fourth-order valence-corrected chi connectivity index (χ4v) is 5.46. The molecule has 2 aromatic rings. The van der Waals surface area contributed by atoms with Crippen molar-refractivity contribution in [3.63, 3.8) is 0 Å². The van der Waals surface area contributed by atoms with Crippen molar-refractivity contribution in [2.24, 2.45) is 10.8 Å². The van der Waals surface area contributed by atoms with Crippen LogP contribution < -0.4 is 0 Å². The summed E-state index contributed by atoms with van der Waals surface area (Å²) in [6.07, 6.45) is 0. The van der Waals surface area contributed by atoms with Crippen LogP contribution in [0.3, 0.4) is 0 Å². The molecule has 2 unspecified atom stereocenters. The molecule has 1 aliphatic rings. The van der Waals surface area contributed by atoms with Crippen molar-refractivity contribution in [3.8, 4) is 11.1 Å². The van der Waals surface area contributed by atoms with Gasteiger partial charge in [-0.2, -0.15) is 0 Å². The Labute approximate surface area is 161 Å². The van der Waals surface area contributed by atoms with Crippen molar-refractivity contribution in [3.05, 3.63) is 58.7 Å². The summed E-state index contributed by atoms with van der Waals surface area (Å²) in [6, 6.07) is 14.1. The van der Waals surface area contributed by atoms with E-state index in [0.29, 0.717) is 0 Å². The summed E-state index contributed by atoms with van der Waals surface area (Å²) in [4.78, 5) is 0. The highest BCUT2D eigenvalue weighted by Gasteiger charge is 2.61. The molecule has 2 aromatic carbocycles. The molecular weight excluding hydrogens is 312 g/mol.